The van der Waals surface area contributed by atoms with Crippen LogP contribution < -0.4 is 5.56 Å². The third-order valence-corrected chi connectivity index (χ3v) is 4.32. The van der Waals surface area contributed by atoms with Crippen LogP contribution in [0.3, 0.4) is 0 Å². The van der Waals surface area contributed by atoms with Gasteiger partial charge in [0.15, 0.2) is 0 Å². The molecule has 0 bridgehead atoms. The zero-order valence-corrected chi connectivity index (χ0v) is 20.5. The Morgan fingerprint density at radius 1 is 0.765 bits per heavy atom. The van der Waals surface area contributed by atoms with Crippen molar-refractivity contribution in [3.05, 3.63) is 27.9 Å². The highest BCUT2D eigenvalue weighted by Crippen LogP contribution is 1.99. The molecule has 11 heteroatoms. The Balaban J connectivity index is 1.77. The number of nitrogens with one attached hydrogen (secondary N) is 1. The third kappa shape index (κ3) is 18.7. The van der Waals surface area contributed by atoms with Gasteiger partial charge in [0.05, 0.1) is 85.7 Å². The van der Waals surface area contributed by atoms with Gasteiger partial charge in [-0.2, -0.15) is 0 Å². The van der Waals surface area contributed by atoms with Gasteiger partial charge in [0.2, 0.25) is 0 Å². The first kappa shape index (κ1) is 30.3. The zero-order chi connectivity index (χ0) is 24.7. The quantitative estimate of drug-likeness (QED) is 0.208. The number of hydrogen-bond donors (Lipinski definition) is 1. The first-order chi connectivity index (χ1) is 16.6. The highest BCUT2D eigenvalue weighted by Gasteiger charge is 2.06. The Bertz CT molecular complexity index is 685. The van der Waals surface area contributed by atoms with Crippen LogP contribution in [0.15, 0.2) is 10.9 Å². The van der Waals surface area contributed by atoms with Crippen molar-refractivity contribution in [2.45, 2.75) is 26.2 Å². The molecule has 0 saturated heterocycles. The molecule has 1 N–H and O–H groups in total. The summed E-state index contributed by atoms with van der Waals surface area (Å²) in [6.07, 6.45) is 1.12. The van der Waals surface area contributed by atoms with Crippen molar-refractivity contribution in [2.75, 3.05) is 93.0 Å². The zero-order valence-electron chi connectivity index (χ0n) is 20.5. The van der Waals surface area contributed by atoms with Gasteiger partial charge in [-0.1, -0.05) is 0 Å². The maximum absolute atomic E-state index is 12.0. The molecule has 0 spiro atoms. The van der Waals surface area contributed by atoms with Gasteiger partial charge in [0.1, 0.15) is 11.6 Å². The van der Waals surface area contributed by atoms with Crippen molar-refractivity contribution in [3.63, 3.8) is 0 Å². The van der Waals surface area contributed by atoms with Crippen LogP contribution >= 0.6 is 0 Å². The van der Waals surface area contributed by atoms with Crippen LogP contribution in [0.25, 0.3) is 0 Å². The molecule has 0 fully saturated rings. The molecular weight excluding hydrogens is 448 g/mol. The number of aryl methyl sites for hydroxylation is 1. The highest BCUT2D eigenvalue weighted by atomic mass is 16.6. The Morgan fingerprint density at radius 3 is 1.65 bits per heavy atom. The molecule has 0 atom stereocenters. The molecule has 1 heterocycles. The predicted molar refractivity (Wildman–Crippen MR) is 124 cm³/mol. The van der Waals surface area contributed by atoms with E-state index in [0.29, 0.717) is 110 Å². The molecule has 196 valence electrons. The molecule has 0 saturated carbocycles. The summed E-state index contributed by atoms with van der Waals surface area (Å²) in [4.78, 5) is 30.1. The molecule has 0 aliphatic heterocycles. The van der Waals surface area contributed by atoms with E-state index in [4.69, 9.17) is 33.2 Å². The number of ether oxygens (including phenoxy) is 7. The van der Waals surface area contributed by atoms with E-state index in [1.165, 1.54) is 6.07 Å². The number of aromatic amines is 1. The first-order valence-electron chi connectivity index (χ1n) is 11.7. The van der Waals surface area contributed by atoms with Gasteiger partial charge in [0.25, 0.3) is 5.56 Å². The molecule has 0 unspecified atom stereocenters. The maximum Gasteiger partial charge on any atom is 0.251 e. The van der Waals surface area contributed by atoms with Gasteiger partial charge in [-0.3, -0.25) is 9.59 Å². The van der Waals surface area contributed by atoms with Gasteiger partial charge in [0, 0.05) is 31.9 Å². The average Bonchev–Trinajstić information content (AvgIpc) is 2.79. The summed E-state index contributed by atoms with van der Waals surface area (Å²) in [5.41, 5.74) is 0.362. The van der Waals surface area contributed by atoms with Crippen LogP contribution in [0.4, 0.5) is 0 Å². The van der Waals surface area contributed by atoms with Crippen LogP contribution in [-0.4, -0.2) is 109 Å². The summed E-state index contributed by atoms with van der Waals surface area (Å²) in [6, 6.07) is 1.40. The lowest BCUT2D eigenvalue weighted by atomic mass is 10.1. The van der Waals surface area contributed by atoms with Crippen molar-refractivity contribution in [2.24, 2.45) is 0 Å². The summed E-state index contributed by atoms with van der Waals surface area (Å²) >= 11 is 0. The summed E-state index contributed by atoms with van der Waals surface area (Å²) in [5.74, 6) is 0.424. The fourth-order valence-electron chi connectivity index (χ4n) is 2.72. The fraction of sp³-hybridized carbons (Fsp3) is 0.783. The molecular formula is C23H40N2O9. The van der Waals surface area contributed by atoms with Crippen LogP contribution in [0, 0.1) is 6.92 Å². The van der Waals surface area contributed by atoms with Crippen LogP contribution in [-0.2, 0) is 44.4 Å². The number of hydrogen-bond acceptors (Lipinski definition) is 10. The van der Waals surface area contributed by atoms with E-state index in [2.05, 4.69) is 9.97 Å². The Hall–Kier alpha value is -1.73. The largest absolute Gasteiger partial charge is 0.382 e. The van der Waals surface area contributed by atoms with Crippen molar-refractivity contribution >= 4 is 5.78 Å². The molecule has 1 aromatic heterocycles. The molecule has 1 rings (SSSR count). The van der Waals surface area contributed by atoms with Crippen molar-refractivity contribution in [3.8, 4) is 0 Å². The molecule has 0 amide bonds. The molecule has 0 aliphatic rings. The van der Waals surface area contributed by atoms with E-state index in [1.807, 2.05) is 0 Å². The van der Waals surface area contributed by atoms with E-state index in [0.717, 1.165) is 0 Å². The number of methoxy groups -OCH3 is 1. The summed E-state index contributed by atoms with van der Waals surface area (Å²) in [6.45, 7) is 8.40. The fourth-order valence-corrected chi connectivity index (χ4v) is 2.72. The molecule has 34 heavy (non-hydrogen) atoms. The number of rotatable bonds is 24. The number of aromatic nitrogens is 2. The minimum atomic E-state index is -0.241. The lowest BCUT2D eigenvalue weighted by Crippen LogP contribution is -2.15. The first-order valence-corrected chi connectivity index (χ1v) is 11.7. The lowest BCUT2D eigenvalue weighted by Gasteiger charge is -2.08. The highest BCUT2D eigenvalue weighted by molar-refractivity contribution is 5.80. The standard InChI is InChI=1S/C23H40N2O9/c1-20-18-23(27)25-22(24-20)19-21(26)4-3-5-29-8-9-31-12-13-33-16-17-34-15-14-32-11-10-30-7-6-28-2/h18H,3-17,19H2,1-2H3,(H,24,25,27). The van der Waals surface area contributed by atoms with E-state index in [9.17, 15) is 9.59 Å². The van der Waals surface area contributed by atoms with Gasteiger partial charge in [-0.25, -0.2) is 4.98 Å². The smallest absolute Gasteiger partial charge is 0.251 e. The van der Waals surface area contributed by atoms with E-state index in [-0.39, 0.29) is 17.8 Å². The second-order valence-electron chi connectivity index (χ2n) is 7.32. The van der Waals surface area contributed by atoms with Crippen LogP contribution in [0.1, 0.15) is 24.4 Å². The second-order valence-corrected chi connectivity index (χ2v) is 7.32. The maximum atomic E-state index is 12.0. The predicted octanol–water partition coefficient (Wildman–Crippen LogP) is 0.716. The van der Waals surface area contributed by atoms with Gasteiger partial charge in [-0.05, 0) is 13.3 Å². The number of ketones is 1. The average molecular weight is 489 g/mol. The number of carbonyl (C=O) groups is 1. The molecule has 11 nitrogen and oxygen atoms in total. The van der Waals surface area contributed by atoms with Crippen LogP contribution in [0.2, 0.25) is 0 Å². The monoisotopic (exact) mass is 488 g/mol. The summed E-state index contributed by atoms with van der Waals surface area (Å²) in [7, 11) is 1.64. The van der Waals surface area contributed by atoms with E-state index >= 15 is 0 Å². The summed E-state index contributed by atoms with van der Waals surface area (Å²) in [5, 5.41) is 0. The molecule has 0 aliphatic carbocycles. The number of nitrogens with zero attached hydrogens (tertiary/aromatic N) is 1. The minimum Gasteiger partial charge on any atom is -0.382 e. The Kier molecular flexibility index (Phi) is 19.4. The normalized spacial score (nSPS) is 11.2. The van der Waals surface area contributed by atoms with Crippen molar-refractivity contribution in [1.29, 1.82) is 0 Å². The lowest BCUT2D eigenvalue weighted by molar-refractivity contribution is -0.118. The third-order valence-electron chi connectivity index (χ3n) is 4.32. The minimum absolute atomic E-state index is 0.0191. The molecule has 0 aromatic carbocycles. The Labute approximate surface area is 201 Å². The topological polar surface area (TPSA) is 127 Å². The Morgan fingerprint density at radius 2 is 1.21 bits per heavy atom. The number of H-pyrrole nitrogens is 1. The molecule has 0 radical (unpaired) electrons. The number of Topliss-reactive ketones (excluding diaryl/α,β-unsaturated/α-hetero) is 1. The van der Waals surface area contributed by atoms with Crippen molar-refractivity contribution < 1.29 is 38.0 Å². The van der Waals surface area contributed by atoms with Crippen molar-refractivity contribution in [1.82, 2.24) is 9.97 Å². The van der Waals surface area contributed by atoms with Gasteiger partial charge < -0.3 is 38.1 Å². The van der Waals surface area contributed by atoms with E-state index in [1.54, 1.807) is 14.0 Å². The summed E-state index contributed by atoms with van der Waals surface area (Å²) < 4.78 is 37.2. The van der Waals surface area contributed by atoms with Gasteiger partial charge >= 0.3 is 0 Å². The molecule has 1 aromatic rings. The SMILES string of the molecule is COCCOCCOCCOCCOCCOCCOCCCC(=O)Cc1nc(C)cc(=O)[nH]1. The second kappa shape index (κ2) is 21.8. The number of carbonyl (C=O) groups excluding carboxylic acids is 1. The van der Waals surface area contributed by atoms with Gasteiger partial charge in [-0.15, -0.1) is 0 Å². The van der Waals surface area contributed by atoms with Crippen LogP contribution in [0.5, 0.6) is 0 Å². The van der Waals surface area contributed by atoms with E-state index < -0.39 is 0 Å².